The normalized spacial score (nSPS) is 10.8. The van der Waals surface area contributed by atoms with Crippen molar-refractivity contribution >= 4 is 22.6 Å². The lowest BCUT2D eigenvalue weighted by Crippen LogP contribution is -2.32. The SMILES string of the molecule is CCCCCn1nc(C(=O)N(C)Cc2ccc(C(=O)NC)cc2)c2ccccc2c1=O. The fraction of sp³-hybridized carbons (Fsp3) is 0.333. The lowest BCUT2D eigenvalue weighted by Gasteiger charge is -2.19. The van der Waals surface area contributed by atoms with E-state index in [2.05, 4.69) is 17.3 Å². The molecule has 1 heterocycles. The number of fused-ring (bicyclic) bond motifs is 1. The van der Waals surface area contributed by atoms with Crippen molar-refractivity contribution in [3.63, 3.8) is 0 Å². The minimum atomic E-state index is -0.254. The van der Waals surface area contributed by atoms with Crippen molar-refractivity contribution in [1.29, 1.82) is 0 Å². The lowest BCUT2D eigenvalue weighted by molar-refractivity contribution is 0.0778. The number of aryl methyl sites for hydroxylation is 1. The van der Waals surface area contributed by atoms with E-state index in [1.165, 1.54) is 4.68 Å². The van der Waals surface area contributed by atoms with Crippen molar-refractivity contribution in [2.75, 3.05) is 14.1 Å². The molecule has 7 nitrogen and oxygen atoms in total. The van der Waals surface area contributed by atoms with E-state index in [1.807, 2.05) is 12.1 Å². The second-order valence-electron chi connectivity index (χ2n) is 7.57. The van der Waals surface area contributed by atoms with Crippen LogP contribution in [0.15, 0.2) is 53.3 Å². The quantitative estimate of drug-likeness (QED) is 0.567. The maximum atomic E-state index is 13.3. The van der Waals surface area contributed by atoms with Gasteiger partial charge in [0.05, 0.1) is 5.39 Å². The van der Waals surface area contributed by atoms with Crippen LogP contribution < -0.4 is 10.9 Å². The summed E-state index contributed by atoms with van der Waals surface area (Å²) in [5, 5.41) is 8.09. The molecule has 2 amide bonds. The van der Waals surface area contributed by atoms with E-state index in [-0.39, 0.29) is 23.1 Å². The number of unbranched alkanes of at least 4 members (excludes halogenated alkanes) is 2. The first-order valence-electron chi connectivity index (χ1n) is 10.5. The van der Waals surface area contributed by atoms with Crippen LogP contribution >= 0.6 is 0 Å². The van der Waals surface area contributed by atoms with Crippen LogP contribution in [-0.4, -0.2) is 40.6 Å². The molecule has 0 unspecified atom stereocenters. The first-order chi connectivity index (χ1) is 15.0. The van der Waals surface area contributed by atoms with Gasteiger partial charge in [0.1, 0.15) is 0 Å². The molecule has 2 aromatic carbocycles. The molecule has 0 bridgehead atoms. The summed E-state index contributed by atoms with van der Waals surface area (Å²) in [5.74, 6) is -0.409. The molecule has 31 heavy (non-hydrogen) atoms. The first kappa shape index (κ1) is 22.2. The smallest absolute Gasteiger partial charge is 0.274 e. The number of hydrogen-bond donors (Lipinski definition) is 1. The van der Waals surface area contributed by atoms with Gasteiger partial charge in [-0.1, -0.05) is 50.1 Å². The Balaban J connectivity index is 1.89. The Morgan fingerprint density at radius 1 is 1.03 bits per heavy atom. The fourth-order valence-corrected chi connectivity index (χ4v) is 3.49. The van der Waals surface area contributed by atoms with Gasteiger partial charge in [0.2, 0.25) is 0 Å². The zero-order chi connectivity index (χ0) is 22.4. The maximum absolute atomic E-state index is 13.3. The molecule has 0 aliphatic carbocycles. The topological polar surface area (TPSA) is 84.3 Å². The van der Waals surface area contributed by atoms with E-state index in [0.717, 1.165) is 24.8 Å². The van der Waals surface area contributed by atoms with E-state index in [4.69, 9.17) is 0 Å². The zero-order valence-corrected chi connectivity index (χ0v) is 18.2. The minimum Gasteiger partial charge on any atom is -0.355 e. The van der Waals surface area contributed by atoms with Crippen molar-refractivity contribution in [2.24, 2.45) is 0 Å². The van der Waals surface area contributed by atoms with Gasteiger partial charge in [0.25, 0.3) is 17.4 Å². The second kappa shape index (κ2) is 10.0. The highest BCUT2D eigenvalue weighted by atomic mass is 16.2. The van der Waals surface area contributed by atoms with Gasteiger partial charge in [0, 0.05) is 38.1 Å². The number of benzene rings is 2. The van der Waals surface area contributed by atoms with E-state index < -0.39 is 0 Å². The van der Waals surface area contributed by atoms with Crippen LogP contribution in [0.4, 0.5) is 0 Å². The van der Waals surface area contributed by atoms with Crippen molar-refractivity contribution < 1.29 is 9.59 Å². The Kier molecular flexibility index (Phi) is 7.18. The zero-order valence-electron chi connectivity index (χ0n) is 18.2. The predicted molar refractivity (Wildman–Crippen MR) is 121 cm³/mol. The maximum Gasteiger partial charge on any atom is 0.274 e. The van der Waals surface area contributed by atoms with Gasteiger partial charge in [-0.25, -0.2) is 4.68 Å². The number of carbonyl (C=O) groups excluding carboxylic acids is 2. The summed E-state index contributed by atoms with van der Waals surface area (Å²) >= 11 is 0. The molecule has 0 atom stereocenters. The Hall–Kier alpha value is -3.48. The van der Waals surface area contributed by atoms with Crippen molar-refractivity contribution in [1.82, 2.24) is 20.0 Å². The van der Waals surface area contributed by atoms with Crippen LogP contribution in [0.25, 0.3) is 10.8 Å². The average molecular weight is 421 g/mol. The number of carbonyl (C=O) groups is 2. The Labute approximate surface area is 181 Å². The summed E-state index contributed by atoms with van der Waals surface area (Å²) in [5.41, 5.74) is 1.56. The third kappa shape index (κ3) is 4.99. The largest absolute Gasteiger partial charge is 0.355 e. The van der Waals surface area contributed by atoms with Gasteiger partial charge < -0.3 is 10.2 Å². The van der Waals surface area contributed by atoms with Gasteiger partial charge in [0.15, 0.2) is 5.69 Å². The number of nitrogens with one attached hydrogen (secondary N) is 1. The second-order valence-corrected chi connectivity index (χ2v) is 7.57. The first-order valence-corrected chi connectivity index (χ1v) is 10.5. The molecule has 1 aromatic heterocycles. The van der Waals surface area contributed by atoms with Gasteiger partial charge in [-0.15, -0.1) is 0 Å². The van der Waals surface area contributed by atoms with Crippen molar-refractivity contribution in [3.8, 4) is 0 Å². The number of hydrogen-bond acceptors (Lipinski definition) is 4. The molecule has 0 saturated carbocycles. The molecule has 0 radical (unpaired) electrons. The van der Waals surface area contributed by atoms with E-state index in [1.54, 1.807) is 55.4 Å². The summed E-state index contributed by atoms with van der Waals surface area (Å²) in [6, 6.07) is 14.2. The Morgan fingerprint density at radius 3 is 2.35 bits per heavy atom. The molecule has 3 rings (SSSR count). The molecule has 0 saturated heterocycles. The van der Waals surface area contributed by atoms with E-state index in [0.29, 0.717) is 29.4 Å². The lowest BCUT2D eigenvalue weighted by atomic mass is 10.1. The van der Waals surface area contributed by atoms with Crippen LogP contribution in [0.2, 0.25) is 0 Å². The molecular formula is C24H28N4O3. The number of rotatable bonds is 8. The average Bonchev–Trinajstić information content (AvgIpc) is 2.80. The van der Waals surface area contributed by atoms with Crippen LogP contribution in [0.5, 0.6) is 0 Å². The van der Waals surface area contributed by atoms with Gasteiger partial charge in [-0.05, 0) is 30.2 Å². The molecule has 162 valence electrons. The molecule has 0 fully saturated rings. The third-order valence-electron chi connectivity index (χ3n) is 5.25. The van der Waals surface area contributed by atoms with Gasteiger partial charge in [-0.3, -0.25) is 14.4 Å². The Morgan fingerprint density at radius 2 is 1.71 bits per heavy atom. The summed E-state index contributed by atoms with van der Waals surface area (Å²) in [6.45, 7) is 2.95. The standard InChI is InChI=1S/C24H28N4O3/c1-4-5-8-15-28-23(30)20-10-7-6-9-19(20)21(26-28)24(31)27(3)16-17-11-13-18(14-12-17)22(29)25-2/h6-7,9-14H,4-5,8,15-16H2,1-3H3,(H,25,29). The Bertz CT molecular complexity index is 1140. The molecule has 0 spiro atoms. The molecule has 1 N–H and O–H groups in total. The number of aromatic nitrogens is 2. The summed E-state index contributed by atoms with van der Waals surface area (Å²) in [7, 11) is 3.29. The minimum absolute atomic E-state index is 0.156. The molecule has 3 aromatic rings. The van der Waals surface area contributed by atoms with Crippen molar-refractivity contribution in [3.05, 3.63) is 75.7 Å². The highest BCUT2D eigenvalue weighted by molar-refractivity contribution is 6.04. The monoisotopic (exact) mass is 420 g/mol. The predicted octanol–water partition coefficient (Wildman–Crippen LogP) is 3.22. The molecule has 7 heteroatoms. The molecule has 0 aliphatic heterocycles. The third-order valence-corrected chi connectivity index (χ3v) is 5.25. The summed E-state index contributed by atoms with van der Waals surface area (Å²) < 4.78 is 1.41. The number of amides is 2. The fourth-order valence-electron chi connectivity index (χ4n) is 3.49. The molecular weight excluding hydrogens is 392 g/mol. The summed E-state index contributed by atoms with van der Waals surface area (Å²) in [4.78, 5) is 39.4. The van der Waals surface area contributed by atoms with E-state index >= 15 is 0 Å². The van der Waals surface area contributed by atoms with Crippen LogP contribution in [0.3, 0.4) is 0 Å². The van der Waals surface area contributed by atoms with Gasteiger partial charge >= 0.3 is 0 Å². The van der Waals surface area contributed by atoms with Crippen LogP contribution in [0.1, 0.15) is 52.6 Å². The van der Waals surface area contributed by atoms with E-state index in [9.17, 15) is 14.4 Å². The molecule has 0 aliphatic rings. The number of nitrogens with zero attached hydrogens (tertiary/aromatic N) is 3. The van der Waals surface area contributed by atoms with Crippen molar-refractivity contribution in [2.45, 2.75) is 39.3 Å². The van der Waals surface area contributed by atoms with Gasteiger partial charge in [-0.2, -0.15) is 5.10 Å². The highest BCUT2D eigenvalue weighted by Gasteiger charge is 2.20. The van der Waals surface area contributed by atoms with Crippen LogP contribution in [0, 0.1) is 0 Å². The van der Waals surface area contributed by atoms with Crippen LogP contribution in [-0.2, 0) is 13.1 Å². The summed E-state index contributed by atoms with van der Waals surface area (Å²) in [6.07, 6.45) is 2.87. The highest BCUT2D eigenvalue weighted by Crippen LogP contribution is 2.17.